The summed E-state index contributed by atoms with van der Waals surface area (Å²) in [5.74, 6) is -0.935. The zero-order valence-electron chi connectivity index (χ0n) is 12.7. The molecule has 1 heterocycles. The highest BCUT2D eigenvalue weighted by Gasteiger charge is 2.19. The van der Waals surface area contributed by atoms with Crippen molar-refractivity contribution in [1.82, 2.24) is 0 Å². The van der Waals surface area contributed by atoms with Crippen molar-refractivity contribution in [2.24, 2.45) is 0 Å². The van der Waals surface area contributed by atoms with E-state index >= 15 is 0 Å². The van der Waals surface area contributed by atoms with E-state index in [1.807, 2.05) is 6.07 Å². The van der Waals surface area contributed by atoms with Gasteiger partial charge in [-0.2, -0.15) is 0 Å². The number of nitrogens with one attached hydrogen (secondary N) is 1. The van der Waals surface area contributed by atoms with E-state index < -0.39 is 11.9 Å². The fourth-order valence-corrected chi connectivity index (χ4v) is 4.06. The van der Waals surface area contributed by atoms with E-state index in [2.05, 4.69) is 5.32 Å². The van der Waals surface area contributed by atoms with Gasteiger partial charge in [-0.25, -0.2) is 4.79 Å². The molecule has 126 valence electrons. The molecule has 4 nitrogen and oxygen atoms in total. The number of halogens is 2. The van der Waals surface area contributed by atoms with Crippen LogP contribution in [0.1, 0.15) is 33.0 Å². The zero-order chi connectivity index (χ0) is 17.1. The van der Waals surface area contributed by atoms with Crippen molar-refractivity contribution in [2.45, 2.75) is 25.7 Å². The minimum atomic E-state index is -0.471. The smallest absolute Gasteiger partial charge is 0.348 e. The summed E-state index contributed by atoms with van der Waals surface area (Å²) in [6.45, 7) is -0.371. The Hall–Kier alpha value is -1.56. The number of anilines is 1. The van der Waals surface area contributed by atoms with E-state index in [1.54, 1.807) is 12.1 Å². The van der Waals surface area contributed by atoms with E-state index in [0.29, 0.717) is 20.6 Å². The number of esters is 1. The molecular weight excluding hydrogens is 369 g/mol. The first-order chi connectivity index (χ1) is 11.5. The molecule has 1 amide bonds. The third kappa shape index (κ3) is 4.09. The second kappa shape index (κ2) is 7.55. The minimum Gasteiger partial charge on any atom is -0.451 e. The SMILES string of the molecule is O=C(COC(=O)c1cc2c(s1)CCCC2)Nc1cc(Cl)ccc1Cl. The number of ether oxygens (including phenoxy) is 1. The van der Waals surface area contributed by atoms with Crippen LogP contribution in [0.3, 0.4) is 0 Å². The van der Waals surface area contributed by atoms with Gasteiger partial charge in [0.15, 0.2) is 6.61 Å². The second-order valence-corrected chi connectivity index (χ2v) is 7.50. The molecule has 1 aliphatic carbocycles. The predicted octanol–water partition coefficient (Wildman–Crippen LogP) is 4.73. The summed E-state index contributed by atoms with van der Waals surface area (Å²) in [6, 6.07) is 6.63. The van der Waals surface area contributed by atoms with Crippen LogP contribution < -0.4 is 5.32 Å². The van der Waals surface area contributed by atoms with Crippen LogP contribution in [0.5, 0.6) is 0 Å². The quantitative estimate of drug-likeness (QED) is 0.776. The Morgan fingerprint density at radius 3 is 2.75 bits per heavy atom. The Labute approximate surface area is 153 Å². The average Bonchev–Trinajstić information content (AvgIpc) is 3.00. The van der Waals surface area contributed by atoms with Gasteiger partial charge >= 0.3 is 5.97 Å². The highest BCUT2D eigenvalue weighted by atomic mass is 35.5. The Morgan fingerprint density at radius 1 is 1.17 bits per heavy atom. The molecule has 1 N–H and O–H groups in total. The molecule has 0 aliphatic heterocycles. The van der Waals surface area contributed by atoms with Crippen molar-refractivity contribution in [3.63, 3.8) is 0 Å². The summed E-state index contributed by atoms with van der Waals surface area (Å²) < 4.78 is 5.09. The first-order valence-corrected chi connectivity index (χ1v) is 9.14. The number of fused-ring (bicyclic) bond motifs is 1. The predicted molar refractivity (Wildman–Crippen MR) is 96.3 cm³/mol. The molecule has 0 saturated carbocycles. The zero-order valence-corrected chi connectivity index (χ0v) is 15.1. The first-order valence-electron chi connectivity index (χ1n) is 7.56. The van der Waals surface area contributed by atoms with E-state index in [9.17, 15) is 9.59 Å². The van der Waals surface area contributed by atoms with E-state index in [0.717, 1.165) is 25.7 Å². The Bertz CT molecular complexity index is 765. The largest absolute Gasteiger partial charge is 0.451 e. The number of rotatable bonds is 4. The molecule has 0 spiro atoms. The molecule has 0 fully saturated rings. The van der Waals surface area contributed by atoms with Crippen molar-refractivity contribution >= 4 is 52.1 Å². The molecule has 1 aromatic heterocycles. The highest BCUT2D eigenvalue weighted by molar-refractivity contribution is 7.14. The Morgan fingerprint density at radius 2 is 1.96 bits per heavy atom. The van der Waals surface area contributed by atoms with Crippen LogP contribution in [-0.2, 0) is 22.4 Å². The van der Waals surface area contributed by atoms with Gasteiger partial charge in [-0.15, -0.1) is 11.3 Å². The number of thiophene rings is 1. The van der Waals surface area contributed by atoms with Crippen molar-refractivity contribution in [3.8, 4) is 0 Å². The second-order valence-electron chi connectivity index (χ2n) is 5.51. The average molecular weight is 384 g/mol. The number of carbonyl (C=O) groups is 2. The van der Waals surface area contributed by atoms with Gasteiger partial charge in [-0.05, 0) is 55.5 Å². The highest BCUT2D eigenvalue weighted by Crippen LogP contribution is 2.30. The number of hydrogen-bond acceptors (Lipinski definition) is 4. The van der Waals surface area contributed by atoms with Crippen LogP contribution in [0.25, 0.3) is 0 Å². The molecule has 1 aliphatic rings. The Kier molecular flexibility index (Phi) is 5.43. The van der Waals surface area contributed by atoms with Gasteiger partial charge < -0.3 is 10.1 Å². The van der Waals surface area contributed by atoms with Crippen molar-refractivity contribution < 1.29 is 14.3 Å². The summed E-state index contributed by atoms with van der Waals surface area (Å²) >= 11 is 13.3. The fourth-order valence-electron chi connectivity index (χ4n) is 2.57. The van der Waals surface area contributed by atoms with Gasteiger partial charge in [0.25, 0.3) is 5.91 Å². The molecule has 7 heteroatoms. The van der Waals surface area contributed by atoms with Gasteiger partial charge in [-0.3, -0.25) is 4.79 Å². The topological polar surface area (TPSA) is 55.4 Å². The van der Waals surface area contributed by atoms with Crippen LogP contribution in [-0.4, -0.2) is 18.5 Å². The van der Waals surface area contributed by atoms with Gasteiger partial charge in [0, 0.05) is 9.90 Å². The number of aryl methyl sites for hydroxylation is 2. The summed E-state index contributed by atoms with van der Waals surface area (Å²) in [5, 5.41) is 3.40. The van der Waals surface area contributed by atoms with E-state index in [4.69, 9.17) is 27.9 Å². The van der Waals surface area contributed by atoms with Crippen molar-refractivity contribution in [2.75, 3.05) is 11.9 Å². The maximum atomic E-state index is 12.1. The van der Waals surface area contributed by atoms with Crippen LogP contribution >= 0.6 is 34.5 Å². The number of benzene rings is 1. The van der Waals surface area contributed by atoms with Gasteiger partial charge in [0.1, 0.15) is 4.88 Å². The maximum Gasteiger partial charge on any atom is 0.348 e. The Balaban J connectivity index is 1.56. The van der Waals surface area contributed by atoms with Crippen LogP contribution in [0.15, 0.2) is 24.3 Å². The van der Waals surface area contributed by atoms with Gasteiger partial charge in [0.2, 0.25) is 0 Å². The van der Waals surface area contributed by atoms with Crippen LogP contribution in [0.4, 0.5) is 5.69 Å². The monoisotopic (exact) mass is 383 g/mol. The molecule has 1 aromatic carbocycles. The third-order valence-corrected chi connectivity index (χ3v) is 5.52. The first kappa shape index (κ1) is 17.3. The van der Waals surface area contributed by atoms with Gasteiger partial charge in [0.05, 0.1) is 10.7 Å². The molecule has 0 radical (unpaired) electrons. The molecule has 3 rings (SSSR count). The summed E-state index contributed by atoms with van der Waals surface area (Å²) in [4.78, 5) is 25.8. The van der Waals surface area contributed by atoms with E-state index in [-0.39, 0.29) is 6.61 Å². The van der Waals surface area contributed by atoms with Crippen molar-refractivity contribution in [1.29, 1.82) is 0 Å². The lowest BCUT2D eigenvalue weighted by atomic mass is 9.99. The summed E-state index contributed by atoms with van der Waals surface area (Å²) in [7, 11) is 0. The molecule has 24 heavy (non-hydrogen) atoms. The molecular formula is C17H15Cl2NO3S. The lowest BCUT2D eigenvalue weighted by Crippen LogP contribution is -2.20. The maximum absolute atomic E-state index is 12.1. The third-order valence-electron chi connectivity index (χ3n) is 3.73. The minimum absolute atomic E-state index is 0.366. The molecule has 0 atom stereocenters. The molecule has 2 aromatic rings. The fraction of sp³-hybridized carbons (Fsp3) is 0.294. The summed E-state index contributed by atoms with van der Waals surface area (Å²) in [6.07, 6.45) is 4.33. The number of amides is 1. The number of carbonyl (C=O) groups excluding carboxylic acids is 2. The summed E-state index contributed by atoms with van der Waals surface area (Å²) in [5.41, 5.74) is 1.62. The van der Waals surface area contributed by atoms with Crippen LogP contribution in [0, 0.1) is 0 Å². The van der Waals surface area contributed by atoms with Gasteiger partial charge in [-0.1, -0.05) is 23.2 Å². The molecule has 0 saturated heterocycles. The lowest BCUT2D eigenvalue weighted by molar-refractivity contribution is -0.119. The number of hydrogen-bond donors (Lipinski definition) is 1. The molecule has 0 bridgehead atoms. The van der Waals surface area contributed by atoms with Crippen LogP contribution in [0.2, 0.25) is 10.0 Å². The normalized spacial score (nSPS) is 13.2. The lowest BCUT2D eigenvalue weighted by Gasteiger charge is -2.08. The van der Waals surface area contributed by atoms with Crippen molar-refractivity contribution in [3.05, 3.63) is 49.6 Å². The van der Waals surface area contributed by atoms with E-state index in [1.165, 1.54) is 27.8 Å². The molecule has 0 unspecified atom stereocenters. The standard InChI is InChI=1S/C17H15Cl2NO3S/c18-11-5-6-12(19)13(8-11)20-16(21)9-23-17(22)15-7-10-3-1-2-4-14(10)24-15/h5-8H,1-4,9H2,(H,20,21).